The molecular formula is C22H30N4O2. The van der Waals surface area contributed by atoms with Crippen molar-refractivity contribution in [3.63, 3.8) is 0 Å². The van der Waals surface area contributed by atoms with Gasteiger partial charge in [0.1, 0.15) is 0 Å². The summed E-state index contributed by atoms with van der Waals surface area (Å²) in [4.78, 5) is 19.3. The summed E-state index contributed by atoms with van der Waals surface area (Å²) in [5.74, 6) is 2.87. The summed E-state index contributed by atoms with van der Waals surface area (Å²) in [6.07, 6.45) is 4.08. The van der Waals surface area contributed by atoms with Gasteiger partial charge in [-0.15, -0.1) is 0 Å². The molecule has 1 atom stereocenters. The second-order valence-electron chi connectivity index (χ2n) is 8.47. The second-order valence-corrected chi connectivity index (χ2v) is 8.47. The molecule has 1 N–H and O–H groups in total. The van der Waals surface area contributed by atoms with Gasteiger partial charge in [-0.2, -0.15) is 4.98 Å². The average Bonchev–Trinajstić information content (AvgIpc) is 3.40. The van der Waals surface area contributed by atoms with Crippen molar-refractivity contribution in [2.24, 2.45) is 5.92 Å². The minimum atomic E-state index is 0.126. The van der Waals surface area contributed by atoms with Crippen LogP contribution in [0.3, 0.4) is 0 Å². The molecule has 6 nitrogen and oxygen atoms in total. The number of aromatic nitrogens is 2. The molecule has 28 heavy (non-hydrogen) atoms. The number of hydrogen-bond donors (Lipinski definition) is 1. The lowest BCUT2D eigenvalue weighted by molar-refractivity contribution is 0.0704. The van der Waals surface area contributed by atoms with Crippen LogP contribution >= 0.6 is 0 Å². The van der Waals surface area contributed by atoms with Gasteiger partial charge in [0, 0.05) is 30.5 Å². The third-order valence-corrected chi connectivity index (χ3v) is 5.99. The molecule has 1 amide bonds. The maximum atomic E-state index is 12.9. The van der Waals surface area contributed by atoms with Gasteiger partial charge in [-0.05, 0) is 62.4 Å². The maximum absolute atomic E-state index is 12.9. The first-order valence-electron chi connectivity index (χ1n) is 10.5. The van der Waals surface area contributed by atoms with Crippen LogP contribution < -0.4 is 5.32 Å². The van der Waals surface area contributed by atoms with Crippen molar-refractivity contribution >= 4 is 5.91 Å². The van der Waals surface area contributed by atoms with Gasteiger partial charge in [-0.25, -0.2) is 0 Å². The maximum Gasteiger partial charge on any atom is 0.253 e. The summed E-state index contributed by atoms with van der Waals surface area (Å²) in [7, 11) is 0. The molecule has 1 aromatic heterocycles. The number of rotatable bonds is 5. The molecule has 2 saturated heterocycles. The molecule has 1 unspecified atom stereocenters. The Bertz CT molecular complexity index is 785. The quantitative estimate of drug-likeness (QED) is 0.858. The van der Waals surface area contributed by atoms with E-state index in [2.05, 4.69) is 41.4 Å². The van der Waals surface area contributed by atoms with E-state index in [-0.39, 0.29) is 17.7 Å². The third-order valence-electron chi connectivity index (χ3n) is 5.99. The van der Waals surface area contributed by atoms with Gasteiger partial charge < -0.3 is 14.7 Å². The highest BCUT2D eigenvalue weighted by Gasteiger charge is 2.28. The van der Waals surface area contributed by atoms with Crippen LogP contribution in [-0.4, -0.2) is 47.1 Å². The fourth-order valence-corrected chi connectivity index (χ4v) is 4.17. The summed E-state index contributed by atoms with van der Waals surface area (Å²) in [5.41, 5.74) is 2.10. The van der Waals surface area contributed by atoms with E-state index in [4.69, 9.17) is 4.52 Å². The molecule has 1 aromatic carbocycles. The normalized spacial score (nSPS) is 20.8. The molecule has 6 heteroatoms. The molecule has 2 aliphatic rings. The summed E-state index contributed by atoms with van der Waals surface area (Å²) in [6, 6.07) is 8.20. The molecule has 4 rings (SSSR count). The first-order chi connectivity index (χ1) is 13.6. The standard InChI is InChI=1S/C22H30N4O2/c1-15(2)20-24-21(28-25-20)18-8-11-26(12-9-18)22(27)19-5-3-16(4-6-19)13-17-7-10-23-14-17/h3-6,15,17-18,23H,7-14H2,1-2H3. The summed E-state index contributed by atoms with van der Waals surface area (Å²) >= 11 is 0. The highest BCUT2D eigenvalue weighted by Crippen LogP contribution is 2.28. The molecule has 0 spiro atoms. The van der Waals surface area contributed by atoms with Crippen LogP contribution in [0.2, 0.25) is 0 Å². The fourth-order valence-electron chi connectivity index (χ4n) is 4.17. The van der Waals surface area contributed by atoms with Crippen molar-refractivity contribution < 1.29 is 9.32 Å². The van der Waals surface area contributed by atoms with Crippen LogP contribution in [-0.2, 0) is 6.42 Å². The van der Waals surface area contributed by atoms with E-state index < -0.39 is 0 Å². The minimum Gasteiger partial charge on any atom is -0.339 e. The summed E-state index contributed by atoms with van der Waals surface area (Å²) < 4.78 is 5.44. The zero-order valence-electron chi connectivity index (χ0n) is 16.9. The Morgan fingerprint density at radius 2 is 1.96 bits per heavy atom. The van der Waals surface area contributed by atoms with Gasteiger partial charge >= 0.3 is 0 Å². The van der Waals surface area contributed by atoms with E-state index >= 15 is 0 Å². The number of benzene rings is 1. The first kappa shape index (κ1) is 19.1. The number of likely N-dealkylation sites (tertiary alicyclic amines) is 1. The van der Waals surface area contributed by atoms with Crippen molar-refractivity contribution in [1.29, 1.82) is 0 Å². The number of piperidine rings is 1. The van der Waals surface area contributed by atoms with Crippen LogP contribution in [0.25, 0.3) is 0 Å². The first-order valence-corrected chi connectivity index (χ1v) is 10.5. The van der Waals surface area contributed by atoms with E-state index in [9.17, 15) is 4.79 Å². The number of carbonyl (C=O) groups excluding carboxylic acids is 1. The average molecular weight is 383 g/mol. The lowest BCUT2D eigenvalue weighted by Crippen LogP contribution is -2.38. The molecule has 3 heterocycles. The molecule has 0 bridgehead atoms. The predicted molar refractivity (Wildman–Crippen MR) is 107 cm³/mol. The highest BCUT2D eigenvalue weighted by atomic mass is 16.5. The predicted octanol–water partition coefficient (Wildman–Crippen LogP) is 3.36. The van der Waals surface area contributed by atoms with E-state index in [0.29, 0.717) is 0 Å². The second kappa shape index (κ2) is 8.43. The van der Waals surface area contributed by atoms with Crippen molar-refractivity contribution in [3.8, 4) is 0 Å². The van der Waals surface area contributed by atoms with Crippen LogP contribution in [0, 0.1) is 5.92 Å². The van der Waals surface area contributed by atoms with E-state index in [1.165, 1.54) is 12.0 Å². The molecule has 0 radical (unpaired) electrons. The molecule has 2 aromatic rings. The van der Waals surface area contributed by atoms with Gasteiger partial charge in [-0.3, -0.25) is 4.79 Å². The number of carbonyl (C=O) groups is 1. The zero-order valence-corrected chi connectivity index (χ0v) is 16.9. The Kier molecular flexibility index (Phi) is 5.76. The van der Waals surface area contributed by atoms with Crippen LogP contribution in [0.5, 0.6) is 0 Å². The molecule has 150 valence electrons. The lowest BCUT2D eigenvalue weighted by atomic mass is 9.95. The topological polar surface area (TPSA) is 71.3 Å². The highest BCUT2D eigenvalue weighted by molar-refractivity contribution is 5.94. The molecular weight excluding hydrogens is 352 g/mol. The van der Waals surface area contributed by atoms with Crippen molar-refractivity contribution in [2.45, 2.75) is 51.4 Å². The van der Waals surface area contributed by atoms with Gasteiger partial charge in [0.15, 0.2) is 5.82 Å². The van der Waals surface area contributed by atoms with Gasteiger partial charge in [-0.1, -0.05) is 31.1 Å². The third kappa shape index (κ3) is 4.27. The van der Waals surface area contributed by atoms with Crippen molar-refractivity contribution in [2.75, 3.05) is 26.2 Å². The summed E-state index contributed by atoms with van der Waals surface area (Å²) in [5, 5.41) is 7.48. The molecule has 0 saturated carbocycles. The number of amides is 1. The van der Waals surface area contributed by atoms with E-state index in [0.717, 1.165) is 68.6 Å². The van der Waals surface area contributed by atoms with Crippen LogP contribution in [0.4, 0.5) is 0 Å². The Hall–Kier alpha value is -2.21. The Morgan fingerprint density at radius 1 is 1.21 bits per heavy atom. The Morgan fingerprint density at radius 3 is 2.57 bits per heavy atom. The van der Waals surface area contributed by atoms with Crippen molar-refractivity contribution in [3.05, 3.63) is 47.1 Å². The van der Waals surface area contributed by atoms with Gasteiger partial charge in [0.05, 0.1) is 0 Å². The zero-order chi connectivity index (χ0) is 19.5. The van der Waals surface area contributed by atoms with Gasteiger partial charge in [0.2, 0.25) is 5.89 Å². The summed E-state index contributed by atoms with van der Waals surface area (Å²) in [6.45, 7) is 7.82. The molecule has 2 fully saturated rings. The largest absolute Gasteiger partial charge is 0.339 e. The van der Waals surface area contributed by atoms with Gasteiger partial charge in [0.25, 0.3) is 5.91 Å². The molecule has 2 aliphatic heterocycles. The van der Waals surface area contributed by atoms with Crippen LogP contribution in [0.1, 0.15) is 72.6 Å². The van der Waals surface area contributed by atoms with E-state index in [1.54, 1.807) is 0 Å². The SMILES string of the molecule is CC(C)c1noc(C2CCN(C(=O)c3ccc(CC4CCNC4)cc3)CC2)n1. The van der Waals surface area contributed by atoms with Crippen molar-refractivity contribution in [1.82, 2.24) is 20.4 Å². The molecule has 0 aliphatic carbocycles. The Labute approximate surface area is 166 Å². The monoisotopic (exact) mass is 382 g/mol. The lowest BCUT2D eigenvalue weighted by Gasteiger charge is -2.30. The number of nitrogens with zero attached hydrogens (tertiary/aromatic N) is 3. The van der Waals surface area contributed by atoms with E-state index in [1.807, 2.05) is 17.0 Å². The fraction of sp³-hybridized carbons (Fsp3) is 0.591. The Balaban J connectivity index is 1.31. The minimum absolute atomic E-state index is 0.126. The van der Waals surface area contributed by atoms with Crippen LogP contribution in [0.15, 0.2) is 28.8 Å². The number of nitrogens with one attached hydrogen (secondary N) is 1. The number of hydrogen-bond acceptors (Lipinski definition) is 5. The smallest absolute Gasteiger partial charge is 0.253 e.